The lowest BCUT2D eigenvalue weighted by Gasteiger charge is -2.30. The van der Waals surface area contributed by atoms with Gasteiger partial charge in [-0.15, -0.1) is 0 Å². The summed E-state index contributed by atoms with van der Waals surface area (Å²) >= 11 is 0. The van der Waals surface area contributed by atoms with Crippen LogP contribution in [0.1, 0.15) is 21.5 Å². The fourth-order valence-electron chi connectivity index (χ4n) is 4.55. The average molecular weight is 470 g/mol. The number of amides is 1. The van der Waals surface area contributed by atoms with E-state index in [9.17, 15) is 4.79 Å². The molecule has 0 unspecified atom stereocenters. The van der Waals surface area contributed by atoms with E-state index >= 15 is 0 Å². The number of methoxy groups -OCH3 is 3. The third-order valence-corrected chi connectivity index (χ3v) is 6.32. The Kier molecular flexibility index (Phi) is 6.14. The molecule has 178 valence electrons. The number of carbonyl (C=O) groups is 1. The highest BCUT2D eigenvalue weighted by atomic mass is 16.5. The quantitative estimate of drug-likeness (QED) is 0.425. The highest BCUT2D eigenvalue weighted by Crippen LogP contribution is 2.40. The summed E-state index contributed by atoms with van der Waals surface area (Å²) in [5, 5.41) is 3.79. The van der Waals surface area contributed by atoms with Crippen LogP contribution in [-0.2, 0) is 13.0 Å². The van der Waals surface area contributed by atoms with E-state index in [2.05, 4.69) is 34.5 Å². The van der Waals surface area contributed by atoms with Crippen LogP contribution in [0.25, 0.3) is 10.9 Å². The van der Waals surface area contributed by atoms with E-state index in [0.717, 1.165) is 36.2 Å². The summed E-state index contributed by atoms with van der Waals surface area (Å²) < 4.78 is 16.3. The van der Waals surface area contributed by atoms with E-state index in [-0.39, 0.29) is 5.91 Å². The molecule has 0 aliphatic carbocycles. The van der Waals surface area contributed by atoms with Crippen molar-refractivity contribution in [3.05, 3.63) is 83.4 Å². The Balaban J connectivity index is 1.51. The van der Waals surface area contributed by atoms with Gasteiger partial charge in [-0.25, -0.2) is 4.98 Å². The first-order valence-electron chi connectivity index (χ1n) is 11.4. The number of pyridine rings is 1. The molecule has 3 aromatic carbocycles. The number of benzene rings is 3. The molecule has 7 heteroatoms. The number of ether oxygens (including phenoxy) is 3. The topological polar surface area (TPSA) is 72.9 Å². The Labute approximate surface area is 204 Å². The van der Waals surface area contributed by atoms with Gasteiger partial charge >= 0.3 is 0 Å². The molecule has 5 rings (SSSR count). The lowest BCUT2D eigenvalue weighted by Crippen LogP contribution is -2.31. The standard InChI is InChI=1S/C28H27N3O4/c1-33-24-14-20(15-25(34-2)27(24)35-3)29-28(32)22-16-26(30-23-11-7-6-10-21(22)23)31-13-12-18-8-4-5-9-19(18)17-31/h4-11,14-16H,12-13,17H2,1-3H3,(H,29,32). The third kappa shape index (κ3) is 4.33. The normalized spacial score (nSPS) is 12.7. The predicted molar refractivity (Wildman–Crippen MR) is 137 cm³/mol. The summed E-state index contributed by atoms with van der Waals surface area (Å²) in [7, 11) is 4.63. The SMILES string of the molecule is COc1cc(NC(=O)c2cc(N3CCc4ccccc4C3)nc3ccccc23)cc(OC)c1OC. The molecule has 1 aliphatic heterocycles. The van der Waals surface area contributed by atoms with Gasteiger partial charge in [0.25, 0.3) is 5.91 Å². The van der Waals surface area contributed by atoms with Gasteiger partial charge in [-0.05, 0) is 29.7 Å². The molecule has 4 aromatic rings. The molecular weight excluding hydrogens is 442 g/mol. The van der Waals surface area contributed by atoms with E-state index < -0.39 is 0 Å². The van der Waals surface area contributed by atoms with Crippen LogP contribution >= 0.6 is 0 Å². The molecule has 0 fully saturated rings. The fourth-order valence-corrected chi connectivity index (χ4v) is 4.55. The molecule has 35 heavy (non-hydrogen) atoms. The van der Waals surface area contributed by atoms with Crippen LogP contribution in [0, 0.1) is 0 Å². The minimum Gasteiger partial charge on any atom is -0.493 e. The molecule has 0 bridgehead atoms. The third-order valence-electron chi connectivity index (χ3n) is 6.32. The van der Waals surface area contributed by atoms with Crippen molar-refractivity contribution in [2.75, 3.05) is 38.1 Å². The monoisotopic (exact) mass is 469 g/mol. The second-order valence-electron chi connectivity index (χ2n) is 8.35. The maximum absolute atomic E-state index is 13.5. The second kappa shape index (κ2) is 9.54. The highest BCUT2D eigenvalue weighted by Gasteiger charge is 2.21. The van der Waals surface area contributed by atoms with Crippen molar-refractivity contribution < 1.29 is 19.0 Å². The summed E-state index contributed by atoms with van der Waals surface area (Å²) in [6.45, 7) is 1.60. The van der Waals surface area contributed by atoms with Gasteiger partial charge in [0.1, 0.15) is 5.82 Å². The molecular formula is C28H27N3O4. The maximum atomic E-state index is 13.5. The first-order valence-corrected chi connectivity index (χ1v) is 11.4. The van der Waals surface area contributed by atoms with Crippen LogP contribution in [0.15, 0.2) is 66.7 Å². The Bertz CT molecular complexity index is 1380. The van der Waals surface area contributed by atoms with Crippen molar-refractivity contribution >= 4 is 28.3 Å². The average Bonchev–Trinajstić information content (AvgIpc) is 2.91. The van der Waals surface area contributed by atoms with E-state index in [0.29, 0.717) is 28.5 Å². The van der Waals surface area contributed by atoms with Crippen molar-refractivity contribution in [3.8, 4) is 17.2 Å². The van der Waals surface area contributed by atoms with Crippen molar-refractivity contribution in [1.29, 1.82) is 0 Å². The van der Waals surface area contributed by atoms with Crippen LogP contribution in [0.4, 0.5) is 11.5 Å². The van der Waals surface area contributed by atoms with Crippen molar-refractivity contribution in [2.24, 2.45) is 0 Å². The van der Waals surface area contributed by atoms with Gasteiger partial charge in [-0.2, -0.15) is 0 Å². The Morgan fingerprint density at radius 2 is 1.57 bits per heavy atom. The number of aromatic nitrogens is 1. The predicted octanol–water partition coefficient (Wildman–Crippen LogP) is 5.08. The van der Waals surface area contributed by atoms with E-state index in [1.165, 1.54) is 11.1 Å². The Morgan fingerprint density at radius 3 is 2.29 bits per heavy atom. The van der Waals surface area contributed by atoms with E-state index in [1.54, 1.807) is 33.5 Å². The van der Waals surface area contributed by atoms with E-state index in [1.807, 2.05) is 30.3 Å². The summed E-state index contributed by atoms with van der Waals surface area (Å²) in [5.74, 6) is 1.95. The molecule has 1 aromatic heterocycles. The van der Waals surface area contributed by atoms with Crippen LogP contribution in [0.2, 0.25) is 0 Å². The molecule has 0 radical (unpaired) electrons. The first kappa shape index (κ1) is 22.5. The van der Waals surface area contributed by atoms with Gasteiger partial charge in [-0.3, -0.25) is 4.79 Å². The van der Waals surface area contributed by atoms with Crippen molar-refractivity contribution in [1.82, 2.24) is 4.98 Å². The number of para-hydroxylation sites is 1. The summed E-state index contributed by atoms with van der Waals surface area (Å²) in [4.78, 5) is 20.7. The lowest BCUT2D eigenvalue weighted by molar-refractivity contribution is 0.102. The summed E-state index contributed by atoms with van der Waals surface area (Å²) in [6.07, 6.45) is 0.942. The largest absolute Gasteiger partial charge is 0.493 e. The zero-order chi connectivity index (χ0) is 24.4. The van der Waals surface area contributed by atoms with E-state index in [4.69, 9.17) is 19.2 Å². The Hall–Kier alpha value is -4.26. The molecule has 0 saturated heterocycles. The van der Waals surface area contributed by atoms with Crippen LogP contribution < -0.4 is 24.4 Å². The molecule has 2 heterocycles. The zero-order valence-corrected chi connectivity index (χ0v) is 20.0. The highest BCUT2D eigenvalue weighted by molar-refractivity contribution is 6.13. The summed E-state index contributed by atoms with van der Waals surface area (Å²) in [5.41, 5.74) is 4.53. The number of nitrogens with zero attached hydrogens (tertiary/aromatic N) is 2. The number of anilines is 2. The number of fused-ring (bicyclic) bond motifs is 2. The number of nitrogens with one attached hydrogen (secondary N) is 1. The molecule has 0 saturated carbocycles. The molecule has 7 nitrogen and oxygen atoms in total. The van der Waals surface area contributed by atoms with Crippen molar-refractivity contribution in [2.45, 2.75) is 13.0 Å². The number of carbonyl (C=O) groups excluding carboxylic acids is 1. The van der Waals surface area contributed by atoms with Gasteiger partial charge in [0.2, 0.25) is 5.75 Å². The van der Waals surface area contributed by atoms with Gasteiger partial charge in [0, 0.05) is 36.3 Å². The molecule has 0 atom stereocenters. The fraction of sp³-hybridized carbons (Fsp3) is 0.214. The number of hydrogen-bond acceptors (Lipinski definition) is 6. The van der Waals surface area contributed by atoms with Crippen molar-refractivity contribution in [3.63, 3.8) is 0 Å². The first-order chi connectivity index (χ1) is 17.1. The summed E-state index contributed by atoms with van der Waals surface area (Å²) in [6, 6.07) is 21.5. The number of rotatable bonds is 6. The molecule has 1 N–H and O–H groups in total. The molecule has 1 aliphatic rings. The zero-order valence-electron chi connectivity index (χ0n) is 20.0. The maximum Gasteiger partial charge on any atom is 0.256 e. The van der Waals surface area contributed by atoms with Gasteiger partial charge in [-0.1, -0.05) is 42.5 Å². The second-order valence-corrected chi connectivity index (χ2v) is 8.35. The number of hydrogen-bond donors (Lipinski definition) is 1. The minimum atomic E-state index is -0.239. The van der Waals surface area contributed by atoms with Crippen LogP contribution in [0.3, 0.4) is 0 Å². The molecule has 1 amide bonds. The lowest BCUT2D eigenvalue weighted by atomic mass is 9.99. The molecule has 0 spiro atoms. The van der Waals surface area contributed by atoms with Crippen LogP contribution in [-0.4, -0.2) is 38.8 Å². The Morgan fingerprint density at radius 1 is 0.886 bits per heavy atom. The van der Waals surface area contributed by atoms with Crippen LogP contribution in [0.5, 0.6) is 17.2 Å². The minimum absolute atomic E-state index is 0.239. The van der Waals surface area contributed by atoms with Gasteiger partial charge in [0.15, 0.2) is 11.5 Å². The van der Waals surface area contributed by atoms with Gasteiger partial charge in [0.05, 0.1) is 32.4 Å². The van der Waals surface area contributed by atoms with Gasteiger partial charge < -0.3 is 24.4 Å². The smallest absolute Gasteiger partial charge is 0.256 e.